The van der Waals surface area contributed by atoms with E-state index in [1.54, 1.807) is 4.90 Å². The van der Waals surface area contributed by atoms with E-state index in [1.165, 1.54) is 13.8 Å². The molecule has 0 radical (unpaired) electrons. The van der Waals surface area contributed by atoms with Gasteiger partial charge in [-0.25, -0.2) is 8.42 Å². The zero-order chi connectivity index (χ0) is 13.6. The summed E-state index contributed by atoms with van der Waals surface area (Å²) in [5, 5.41) is 3.43. The number of hydrogen-bond donors (Lipinski definition) is 1. The van der Waals surface area contributed by atoms with Crippen molar-refractivity contribution in [2.24, 2.45) is 5.92 Å². The number of carbonyl (C=O) groups excluding carboxylic acids is 1. The van der Waals surface area contributed by atoms with Crippen LogP contribution in [0, 0.1) is 5.92 Å². The van der Waals surface area contributed by atoms with Crippen LogP contribution in [0.4, 0.5) is 0 Å². The lowest BCUT2D eigenvalue weighted by atomic mass is 9.92. The van der Waals surface area contributed by atoms with Gasteiger partial charge in [0.05, 0.1) is 0 Å². The monoisotopic (exact) mass is 310 g/mol. The van der Waals surface area contributed by atoms with E-state index in [4.69, 9.17) is 0 Å². The first-order valence-electron chi connectivity index (χ1n) is 6.46. The lowest BCUT2D eigenvalue weighted by Crippen LogP contribution is -2.55. The van der Waals surface area contributed by atoms with E-state index in [-0.39, 0.29) is 18.3 Å². The number of halogens is 1. The fourth-order valence-corrected chi connectivity index (χ4v) is 3.22. The molecule has 0 bridgehead atoms. The molecule has 7 heteroatoms. The van der Waals surface area contributed by atoms with E-state index in [9.17, 15) is 13.2 Å². The summed E-state index contributed by atoms with van der Waals surface area (Å²) in [6.07, 6.45) is 3.14. The Morgan fingerprint density at radius 2 is 1.95 bits per heavy atom. The molecule has 2 fully saturated rings. The van der Waals surface area contributed by atoms with Crippen LogP contribution in [0.3, 0.4) is 0 Å². The minimum absolute atomic E-state index is 0. The lowest BCUT2D eigenvalue weighted by Gasteiger charge is -2.38. The van der Waals surface area contributed by atoms with Crippen molar-refractivity contribution in [3.63, 3.8) is 0 Å². The minimum Gasteiger partial charge on any atom is -0.341 e. The summed E-state index contributed by atoms with van der Waals surface area (Å²) >= 11 is 0. The predicted octanol–water partition coefficient (Wildman–Crippen LogP) is 0.442. The number of carbonyl (C=O) groups is 1. The molecule has 5 nitrogen and oxygen atoms in total. The van der Waals surface area contributed by atoms with Crippen molar-refractivity contribution in [3.8, 4) is 0 Å². The molecule has 0 aromatic carbocycles. The summed E-state index contributed by atoms with van der Waals surface area (Å²) in [6, 6.07) is 0.510. The molecule has 1 amide bonds. The highest BCUT2D eigenvalue weighted by Crippen LogP contribution is 2.27. The molecule has 112 valence electrons. The van der Waals surface area contributed by atoms with E-state index < -0.39 is 14.6 Å². The Morgan fingerprint density at radius 1 is 1.32 bits per heavy atom. The van der Waals surface area contributed by atoms with Gasteiger partial charge in [0.15, 0.2) is 9.84 Å². The van der Waals surface area contributed by atoms with Gasteiger partial charge >= 0.3 is 0 Å². The van der Waals surface area contributed by atoms with Gasteiger partial charge < -0.3 is 10.2 Å². The molecule has 2 heterocycles. The number of amides is 1. The third kappa shape index (κ3) is 3.06. The normalized spacial score (nSPS) is 27.6. The third-order valence-electron chi connectivity index (χ3n) is 4.38. The van der Waals surface area contributed by atoms with Gasteiger partial charge in [-0.1, -0.05) is 0 Å². The summed E-state index contributed by atoms with van der Waals surface area (Å²) in [6.45, 7) is 5.36. The van der Waals surface area contributed by atoms with Crippen LogP contribution in [-0.4, -0.2) is 55.9 Å². The van der Waals surface area contributed by atoms with Gasteiger partial charge in [-0.05, 0) is 39.2 Å². The molecule has 2 aliphatic heterocycles. The lowest BCUT2D eigenvalue weighted by molar-refractivity contribution is -0.135. The average Bonchev–Trinajstić information content (AvgIpc) is 2.73. The Hall–Kier alpha value is -0.330. The first kappa shape index (κ1) is 16.7. The summed E-state index contributed by atoms with van der Waals surface area (Å²) in [4.78, 5) is 14.1. The SMILES string of the molecule is CC(C)(C(=O)N1CCC2NCCC2C1)S(C)(=O)=O.Cl. The number of hydrogen-bond acceptors (Lipinski definition) is 4. The number of nitrogens with one attached hydrogen (secondary N) is 1. The summed E-state index contributed by atoms with van der Waals surface area (Å²) in [7, 11) is -3.38. The highest BCUT2D eigenvalue weighted by Gasteiger charge is 2.44. The predicted molar refractivity (Wildman–Crippen MR) is 77.3 cm³/mol. The zero-order valence-corrected chi connectivity index (χ0v) is 13.3. The van der Waals surface area contributed by atoms with Crippen LogP contribution < -0.4 is 5.32 Å². The number of likely N-dealkylation sites (tertiary alicyclic amines) is 1. The van der Waals surface area contributed by atoms with Crippen LogP contribution in [0.25, 0.3) is 0 Å². The second-order valence-corrected chi connectivity index (χ2v) is 8.50. The van der Waals surface area contributed by atoms with Crippen LogP contribution in [0.1, 0.15) is 26.7 Å². The molecule has 1 N–H and O–H groups in total. The molecule has 19 heavy (non-hydrogen) atoms. The Balaban J connectivity index is 0.00000180. The summed E-state index contributed by atoms with van der Waals surface area (Å²) in [5.74, 6) is 0.230. The topological polar surface area (TPSA) is 66.5 Å². The van der Waals surface area contributed by atoms with Crippen LogP contribution in [-0.2, 0) is 14.6 Å². The first-order chi connectivity index (χ1) is 8.23. The van der Waals surface area contributed by atoms with E-state index >= 15 is 0 Å². The minimum atomic E-state index is -3.38. The molecule has 0 saturated carbocycles. The van der Waals surface area contributed by atoms with E-state index in [2.05, 4.69) is 5.32 Å². The van der Waals surface area contributed by atoms with Gasteiger partial charge in [-0.3, -0.25) is 4.79 Å². The van der Waals surface area contributed by atoms with E-state index in [0.29, 0.717) is 25.0 Å². The Labute approximate surface area is 121 Å². The van der Waals surface area contributed by atoms with Crippen LogP contribution in [0.5, 0.6) is 0 Å². The van der Waals surface area contributed by atoms with Gasteiger partial charge in [0, 0.05) is 25.4 Å². The van der Waals surface area contributed by atoms with Gasteiger partial charge in [-0.15, -0.1) is 12.4 Å². The van der Waals surface area contributed by atoms with Crippen molar-refractivity contribution >= 4 is 28.2 Å². The molecule has 0 aromatic heterocycles. The van der Waals surface area contributed by atoms with Crippen LogP contribution in [0.15, 0.2) is 0 Å². The highest BCUT2D eigenvalue weighted by molar-refractivity contribution is 7.92. The van der Waals surface area contributed by atoms with Gasteiger partial charge in [0.2, 0.25) is 5.91 Å². The Kier molecular flexibility index (Phi) is 4.91. The van der Waals surface area contributed by atoms with Gasteiger partial charge in [0.1, 0.15) is 4.75 Å². The fourth-order valence-electron chi connectivity index (χ4n) is 2.77. The number of piperidine rings is 1. The van der Waals surface area contributed by atoms with Gasteiger partial charge in [-0.2, -0.15) is 0 Å². The van der Waals surface area contributed by atoms with Gasteiger partial charge in [0.25, 0.3) is 0 Å². The number of rotatable bonds is 2. The van der Waals surface area contributed by atoms with Crippen molar-refractivity contribution in [3.05, 3.63) is 0 Å². The molecule has 0 aromatic rings. The summed E-state index contributed by atoms with van der Waals surface area (Å²) in [5.41, 5.74) is 0. The second-order valence-electron chi connectivity index (χ2n) is 5.93. The third-order valence-corrected chi connectivity index (χ3v) is 6.41. The van der Waals surface area contributed by atoms with Crippen molar-refractivity contribution in [1.29, 1.82) is 0 Å². The molecule has 2 atom stereocenters. The smallest absolute Gasteiger partial charge is 0.243 e. The Morgan fingerprint density at radius 3 is 2.53 bits per heavy atom. The van der Waals surface area contributed by atoms with Crippen molar-refractivity contribution in [2.45, 2.75) is 37.5 Å². The number of sulfone groups is 1. The molecule has 0 spiro atoms. The molecule has 2 rings (SSSR count). The quantitative estimate of drug-likeness (QED) is 0.804. The standard InChI is InChI=1S/C12H22N2O3S.ClH/c1-12(2,18(3,16)17)11(15)14-7-5-10-9(8-14)4-6-13-10;/h9-10,13H,4-8H2,1-3H3;1H. The van der Waals surface area contributed by atoms with Crippen molar-refractivity contribution < 1.29 is 13.2 Å². The Bertz CT molecular complexity index is 450. The molecule has 0 aliphatic carbocycles. The van der Waals surface area contributed by atoms with Crippen LogP contribution in [0.2, 0.25) is 0 Å². The maximum atomic E-state index is 12.4. The molecule has 2 unspecified atom stereocenters. The maximum Gasteiger partial charge on any atom is 0.243 e. The largest absolute Gasteiger partial charge is 0.341 e. The van der Waals surface area contributed by atoms with Crippen molar-refractivity contribution in [1.82, 2.24) is 10.2 Å². The first-order valence-corrected chi connectivity index (χ1v) is 8.35. The van der Waals surface area contributed by atoms with Crippen LogP contribution >= 0.6 is 12.4 Å². The fraction of sp³-hybridized carbons (Fsp3) is 0.917. The summed E-state index contributed by atoms with van der Waals surface area (Å²) < 4.78 is 22.1. The second kappa shape index (κ2) is 5.58. The molecule has 2 aliphatic rings. The molecular formula is C12H23ClN2O3S. The zero-order valence-electron chi connectivity index (χ0n) is 11.7. The van der Waals surface area contributed by atoms with E-state index in [1.807, 2.05) is 0 Å². The molecule has 2 saturated heterocycles. The highest BCUT2D eigenvalue weighted by atomic mass is 35.5. The van der Waals surface area contributed by atoms with Crippen molar-refractivity contribution in [2.75, 3.05) is 25.9 Å². The number of fused-ring (bicyclic) bond motifs is 1. The average molecular weight is 311 g/mol. The number of nitrogens with zero attached hydrogens (tertiary/aromatic N) is 1. The van der Waals surface area contributed by atoms with E-state index in [0.717, 1.165) is 25.6 Å². The maximum absolute atomic E-state index is 12.4. The molecular weight excluding hydrogens is 288 g/mol.